The molecule has 3 heterocycles. The zero-order valence-corrected chi connectivity index (χ0v) is 14.0. The summed E-state index contributed by atoms with van der Waals surface area (Å²) >= 11 is 0. The van der Waals surface area contributed by atoms with Gasteiger partial charge in [-0.25, -0.2) is 4.98 Å². The highest BCUT2D eigenvalue weighted by Gasteiger charge is 2.41. The molecule has 0 radical (unpaired) electrons. The molecule has 1 aliphatic heterocycles. The molecule has 0 N–H and O–H groups in total. The lowest BCUT2D eigenvalue weighted by atomic mass is 10.1. The molecule has 1 saturated heterocycles. The number of ether oxygens (including phenoxy) is 2. The molecule has 0 bridgehead atoms. The Balaban J connectivity index is 1.35. The van der Waals surface area contributed by atoms with Crippen LogP contribution in [0.2, 0.25) is 0 Å². The summed E-state index contributed by atoms with van der Waals surface area (Å²) in [5.74, 6) is 1.23. The molecule has 2 aliphatic rings. The SMILES string of the molecule is Cn1cc(CN2CCOC3CC(COc4ccccn4)CC32)cn1. The third kappa shape index (κ3) is 3.44. The van der Waals surface area contributed by atoms with Crippen molar-refractivity contribution < 1.29 is 9.47 Å². The molecule has 4 rings (SSSR count). The van der Waals surface area contributed by atoms with E-state index in [4.69, 9.17) is 9.47 Å². The summed E-state index contributed by atoms with van der Waals surface area (Å²) in [5.41, 5.74) is 1.27. The molecule has 3 atom stereocenters. The van der Waals surface area contributed by atoms with Gasteiger partial charge < -0.3 is 9.47 Å². The fourth-order valence-electron chi connectivity index (χ4n) is 3.88. The Morgan fingerprint density at radius 1 is 1.33 bits per heavy atom. The molecular weight excluding hydrogens is 304 g/mol. The molecule has 2 fully saturated rings. The van der Waals surface area contributed by atoms with Crippen LogP contribution in [0.4, 0.5) is 0 Å². The van der Waals surface area contributed by atoms with Gasteiger partial charge in [0.25, 0.3) is 0 Å². The Labute approximate surface area is 142 Å². The maximum atomic E-state index is 6.02. The molecule has 0 amide bonds. The van der Waals surface area contributed by atoms with Gasteiger partial charge in [-0.3, -0.25) is 9.58 Å². The molecule has 0 aromatic carbocycles. The van der Waals surface area contributed by atoms with Gasteiger partial charge in [0.15, 0.2) is 0 Å². The highest BCUT2D eigenvalue weighted by atomic mass is 16.5. The highest BCUT2D eigenvalue weighted by Crippen LogP contribution is 2.35. The average molecular weight is 328 g/mol. The van der Waals surface area contributed by atoms with Gasteiger partial charge in [-0.1, -0.05) is 6.07 Å². The third-order valence-corrected chi connectivity index (χ3v) is 5.00. The lowest BCUT2D eigenvalue weighted by Gasteiger charge is -2.37. The average Bonchev–Trinajstić information content (AvgIpc) is 3.20. The van der Waals surface area contributed by atoms with E-state index in [0.717, 1.165) is 32.5 Å². The van der Waals surface area contributed by atoms with E-state index in [2.05, 4.69) is 21.2 Å². The van der Waals surface area contributed by atoms with E-state index in [1.165, 1.54) is 5.56 Å². The van der Waals surface area contributed by atoms with Gasteiger partial charge >= 0.3 is 0 Å². The van der Waals surface area contributed by atoms with Crippen molar-refractivity contribution >= 4 is 0 Å². The van der Waals surface area contributed by atoms with E-state index in [9.17, 15) is 0 Å². The fourth-order valence-corrected chi connectivity index (χ4v) is 3.88. The summed E-state index contributed by atoms with van der Waals surface area (Å²) in [5, 5.41) is 4.28. The Morgan fingerprint density at radius 2 is 2.29 bits per heavy atom. The molecule has 3 unspecified atom stereocenters. The lowest BCUT2D eigenvalue weighted by Crippen LogP contribution is -2.47. The Hall–Kier alpha value is -1.92. The maximum Gasteiger partial charge on any atom is 0.213 e. The van der Waals surface area contributed by atoms with Crippen molar-refractivity contribution in [3.8, 4) is 5.88 Å². The molecule has 1 aliphatic carbocycles. The molecule has 0 spiro atoms. The van der Waals surface area contributed by atoms with E-state index in [1.54, 1.807) is 6.20 Å². The second-order valence-corrected chi connectivity index (χ2v) is 6.79. The second-order valence-electron chi connectivity index (χ2n) is 6.79. The zero-order valence-electron chi connectivity index (χ0n) is 14.0. The van der Waals surface area contributed by atoms with Crippen LogP contribution in [0.3, 0.4) is 0 Å². The topological polar surface area (TPSA) is 52.4 Å². The van der Waals surface area contributed by atoms with Crippen LogP contribution in [0.5, 0.6) is 5.88 Å². The number of hydrogen-bond donors (Lipinski definition) is 0. The van der Waals surface area contributed by atoms with Gasteiger partial charge in [-0.2, -0.15) is 5.10 Å². The van der Waals surface area contributed by atoms with Crippen LogP contribution in [-0.4, -0.2) is 51.6 Å². The number of pyridine rings is 1. The molecule has 128 valence electrons. The second kappa shape index (κ2) is 6.91. The first kappa shape index (κ1) is 15.6. The van der Waals surface area contributed by atoms with E-state index >= 15 is 0 Å². The number of morpholine rings is 1. The monoisotopic (exact) mass is 328 g/mol. The minimum atomic E-state index is 0.327. The fraction of sp³-hybridized carbons (Fsp3) is 0.556. The number of hydrogen-bond acceptors (Lipinski definition) is 5. The normalized spacial score (nSPS) is 27.1. The first-order chi connectivity index (χ1) is 11.8. The van der Waals surface area contributed by atoms with Crippen LogP contribution >= 0.6 is 0 Å². The maximum absolute atomic E-state index is 6.02. The Bertz CT molecular complexity index is 660. The number of fused-ring (bicyclic) bond motifs is 1. The van der Waals surface area contributed by atoms with Gasteiger partial charge in [0, 0.05) is 50.2 Å². The van der Waals surface area contributed by atoms with Gasteiger partial charge in [0.2, 0.25) is 5.88 Å². The number of rotatable bonds is 5. The molecule has 6 nitrogen and oxygen atoms in total. The number of nitrogens with zero attached hydrogens (tertiary/aromatic N) is 4. The van der Waals surface area contributed by atoms with Gasteiger partial charge in [-0.05, 0) is 24.8 Å². The summed E-state index contributed by atoms with van der Waals surface area (Å²) in [6.07, 6.45) is 8.34. The molecule has 2 aromatic heterocycles. The van der Waals surface area contributed by atoms with Crippen LogP contribution in [0.15, 0.2) is 36.8 Å². The van der Waals surface area contributed by atoms with Crippen molar-refractivity contribution in [3.05, 3.63) is 42.4 Å². The quantitative estimate of drug-likeness (QED) is 0.839. The van der Waals surface area contributed by atoms with E-state index in [0.29, 0.717) is 30.6 Å². The van der Waals surface area contributed by atoms with Crippen LogP contribution in [0, 0.1) is 5.92 Å². The molecule has 24 heavy (non-hydrogen) atoms. The highest BCUT2D eigenvalue weighted by molar-refractivity contribution is 5.09. The van der Waals surface area contributed by atoms with Crippen LogP contribution in [-0.2, 0) is 18.3 Å². The van der Waals surface area contributed by atoms with Crippen molar-refractivity contribution in [1.29, 1.82) is 0 Å². The molecule has 6 heteroatoms. The van der Waals surface area contributed by atoms with Crippen molar-refractivity contribution in [1.82, 2.24) is 19.7 Å². The van der Waals surface area contributed by atoms with Gasteiger partial charge in [0.1, 0.15) is 0 Å². The van der Waals surface area contributed by atoms with Gasteiger partial charge in [0.05, 0.1) is 25.5 Å². The summed E-state index contributed by atoms with van der Waals surface area (Å²) in [6, 6.07) is 6.25. The smallest absolute Gasteiger partial charge is 0.213 e. The molecular formula is C18H24N4O2. The number of aromatic nitrogens is 3. The zero-order chi connectivity index (χ0) is 16.4. The van der Waals surface area contributed by atoms with Crippen molar-refractivity contribution in [2.45, 2.75) is 31.5 Å². The Morgan fingerprint density at radius 3 is 3.08 bits per heavy atom. The Kier molecular flexibility index (Phi) is 4.49. The predicted molar refractivity (Wildman–Crippen MR) is 89.6 cm³/mol. The first-order valence-electron chi connectivity index (χ1n) is 8.65. The largest absolute Gasteiger partial charge is 0.477 e. The summed E-state index contributed by atoms with van der Waals surface area (Å²) in [7, 11) is 1.96. The van der Waals surface area contributed by atoms with Crippen LogP contribution in [0.1, 0.15) is 18.4 Å². The van der Waals surface area contributed by atoms with E-state index in [-0.39, 0.29) is 0 Å². The standard InChI is InChI=1S/C18H24N4O2/c1-21-11-15(10-20-21)12-22-6-7-23-17-9-14(8-16(17)22)13-24-18-4-2-3-5-19-18/h2-5,10-11,14,16-17H,6-9,12-13H2,1H3. The van der Waals surface area contributed by atoms with Crippen molar-refractivity contribution in [2.24, 2.45) is 13.0 Å². The molecule has 2 aromatic rings. The predicted octanol–water partition coefficient (Wildman–Crippen LogP) is 1.87. The summed E-state index contributed by atoms with van der Waals surface area (Å²) in [6.45, 7) is 3.47. The lowest BCUT2D eigenvalue weighted by molar-refractivity contribution is -0.0590. The number of aryl methyl sites for hydroxylation is 1. The minimum Gasteiger partial charge on any atom is -0.477 e. The summed E-state index contributed by atoms with van der Waals surface area (Å²) < 4.78 is 13.7. The van der Waals surface area contributed by atoms with Crippen molar-refractivity contribution in [2.75, 3.05) is 19.8 Å². The van der Waals surface area contributed by atoms with E-state index < -0.39 is 0 Å². The van der Waals surface area contributed by atoms with Crippen LogP contribution in [0.25, 0.3) is 0 Å². The van der Waals surface area contributed by atoms with Gasteiger partial charge in [-0.15, -0.1) is 0 Å². The molecule has 1 saturated carbocycles. The van der Waals surface area contributed by atoms with Crippen molar-refractivity contribution in [3.63, 3.8) is 0 Å². The van der Waals surface area contributed by atoms with E-state index in [1.807, 2.05) is 36.1 Å². The summed E-state index contributed by atoms with van der Waals surface area (Å²) in [4.78, 5) is 6.78. The third-order valence-electron chi connectivity index (χ3n) is 5.00. The first-order valence-corrected chi connectivity index (χ1v) is 8.65. The van der Waals surface area contributed by atoms with Crippen LogP contribution < -0.4 is 4.74 Å². The minimum absolute atomic E-state index is 0.327.